The molecule has 0 bridgehead atoms. The van der Waals surface area contributed by atoms with Crippen molar-refractivity contribution in [2.45, 2.75) is 37.4 Å². The second-order valence-corrected chi connectivity index (χ2v) is 5.17. The van der Waals surface area contributed by atoms with E-state index >= 15 is 0 Å². The van der Waals surface area contributed by atoms with E-state index in [1.54, 1.807) is 0 Å². The average Bonchev–Trinajstić information content (AvgIpc) is 2.37. The highest BCUT2D eigenvalue weighted by Gasteiger charge is 2.56. The van der Waals surface area contributed by atoms with Crippen LogP contribution in [0.2, 0.25) is 0 Å². The molecule has 1 aromatic rings. The third-order valence-electron chi connectivity index (χ3n) is 2.83. The van der Waals surface area contributed by atoms with Crippen LogP contribution in [0.3, 0.4) is 0 Å². The number of rotatable bonds is 5. The molecule has 1 unspecified atom stereocenters. The third kappa shape index (κ3) is 2.79. The number of alkyl halides is 4. The molecule has 0 aliphatic rings. The Hall–Kier alpha value is -0.780. The smallest absolute Gasteiger partial charge is 0.254 e. The van der Waals surface area contributed by atoms with Crippen molar-refractivity contribution in [3.05, 3.63) is 29.6 Å². The monoisotopic (exact) mass is 281 g/mol. The number of hydrogen-bond donors (Lipinski definition) is 0. The van der Waals surface area contributed by atoms with Crippen molar-refractivity contribution in [1.82, 2.24) is 4.98 Å². The van der Waals surface area contributed by atoms with Crippen LogP contribution in [0.1, 0.15) is 36.8 Å². The van der Waals surface area contributed by atoms with Crippen LogP contribution in [0, 0.1) is 0 Å². The van der Waals surface area contributed by atoms with Crippen molar-refractivity contribution in [3.63, 3.8) is 0 Å². The second kappa shape index (κ2) is 5.47. The van der Waals surface area contributed by atoms with Gasteiger partial charge in [-0.25, -0.2) is 0 Å². The van der Waals surface area contributed by atoms with Crippen LogP contribution >= 0.6 is 11.8 Å². The van der Waals surface area contributed by atoms with Crippen LogP contribution in [0.5, 0.6) is 0 Å². The van der Waals surface area contributed by atoms with Gasteiger partial charge in [-0.2, -0.15) is 29.3 Å². The molecule has 1 rings (SSSR count). The van der Waals surface area contributed by atoms with Crippen LogP contribution in [0.15, 0.2) is 18.3 Å². The van der Waals surface area contributed by atoms with E-state index in [2.05, 4.69) is 4.98 Å². The van der Waals surface area contributed by atoms with Crippen LogP contribution < -0.4 is 0 Å². The topological polar surface area (TPSA) is 12.9 Å². The molecule has 0 aromatic carbocycles. The van der Waals surface area contributed by atoms with E-state index in [-0.39, 0.29) is 5.25 Å². The molecule has 0 radical (unpaired) electrons. The fourth-order valence-corrected chi connectivity index (χ4v) is 1.79. The lowest BCUT2D eigenvalue weighted by molar-refractivity contribution is -0.219. The summed E-state index contributed by atoms with van der Waals surface area (Å²) in [6, 6.07) is 2.40. The number of thioether (sulfide) groups is 1. The van der Waals surface area contributed by atoms with E-state index in [1.807, 2.05) is 13.2 Å². The SMILES string of the molecule is CCC(F)(F)C(F)(F)c1ccc(C(C)SC)cn1. The number of hydrogen-bond acceptors (Lipinski definition) is 2. The fourth-order valence-electron chi connectivity index (χ4n) is 1.38. The second-order valence-electron chi connectivity index (χ2n) is 3.99. The lowest BCUT2D eigenvalue weighted by atomic mass is 10.0. The Bertz CT molecular complexity index is 392. The molecule has 18 heavy (non-hydrogen) atoms. The van der Waals surface area contributed by atoms with Crippen molar-refractivity contribution < 1.29 is 17.6 Å². The van der Waals surface area contributed by atoms with Gasteiger partial charge in [0.05, 0.1) is 0 Å². The number of pyridine rings is 1. The predicted octanol–water partition coefficient (Wildman–Crippen LogP) is 4.64. The summed E-state index contributed by atoms with van der Waals surface area (Å²) >= 11 is 1.53. The highest BCUT2D eigenvalue weighted by Crippen LogP contribution is 2.44. The minimum absolute atomic E-state index is 0.0897. The molecule has 0 amide bonds. The summed E-state index contributed by atoms with van der Waals surface area (Å²) in [6.45, 7) is 2.91. The molecule has 0 fully saturated rings. The number of halogens is 4. The quantitative estimate of drug-likeness (QED) is 0.729. The van der Waals surface area contributed by atoms with E-state index in [0.29, 0.717) is 0 Å². The zero-order valence-corrected chi connectivity index (χ0v) is 11.2. The van der Waals surface area contributed by atoms with Gasteiger partial charge in [0.2, 0.25) is 0 Å². The molecule has 0 aliphatic carbocycles. The summed E-state index contributed by atoms with van der Waals surface area (Å²) < 4.78 is 53.4. The van der Waals surface area contributed by atoms with E-state index < -0.39 is 24.0 Å². The molecule has 0 spiro atoms. The first kappa shape index (κ1) is 15.3. The lowest BCUT2D eigenvalue weighted by Crippen LogP contribution is -2.38. The van der Waals surface area contributed by atoms with Gasteiger partial charge in [0.25, 0.3) is 0 Å². The third-order valence-corrected chi connectivity index (χ3v) is 3.81. The standard InChI is InChI=1S/C12H15F4NS/c1-4-11(13,14)12(15,16)10-6-5-9(7-17-10)8(2)18-3/h5-8H,4H2,1-3H3. The molecule has 0 aliphatic heterocycles. The van der Waals surface area contributed by atoms with Gasteiger partial charge in [-0.1, -0.05) is 13.0 Å². The molecule has 1 nitrogen and oxygen atoms in total. The molecule has 1 atom stereocenters. The highest BCUT2D eigenvalue weighted by atomic mass is 32.2. The molecule has 0 N–H and O–H groups in total. The Kier molecular flexibility index (Phi) is 4.64. The molecule has 102 valence electrons. The molecular formula is C12H15F4NS. The zero-order chi connectivity index (χ0) is 14.0. The average molecular weight is 281 g/mol. The lowest BCUT2D eigenvalue weighted by Gasteiger charge is -2.25. The highest BCUT2D eigenvalue weighted by molar-refractivity contribution is 7.98. The fraction of sp³-hybridized carbons (Fsp3) is 0.583. The Morgan fingerprint density at radius 2 is 1.89 bits per heavy atom. The van der Waals surface area contributed by atoms with E-state index in [4.69, 9.17) is 0 Å². The first-order chi connectivity index (χ1) is 8.26. The maximum absolute atomic E-state index is 13.5. The van der Waals surface area contributed by atoms with Crippen molar-refractivity contribution in [1.29, 1.82) is 0 Å². The summed E-state index contributed by atoms with van der Waals surface area (Å²) in [7, 11) is 0. The Balaban J connectivity index is 3.05. The Morgan fingerprint density at radius 3 is 2.28 bits per heavy atom. The minimum Gasteiger partial charge on any atom is -0.254 e. The molecule has 6 heteroatoms. The van der Waals surface area contributed by atoms with Crippen molar-refractivity contribution in [2.24, 2.45) is 0 Å². The van der Waals surface area contributed by atoms with E-state index in [9.17, 15) is 17.6 Å². The van der Waals surface area contributed by atoms with Crippen molar-refractivity contribution in [2.75, 3.05) is 6.26 Å². The van der Waals surface area contributed by atoms with Crippen molar-refractivity contribution >= 4 is 11.8 Å². The van der Waals surface area contributed by atoms with Gasteiger partial charge in [0.15, 0.2) is 0 Å². The van der Waals surface area contributed by atoms with Gasteiger partial charge in [0, 0.05) is 17.9 Å². The summed E-state index contributed by atoms with van der Waals surface area (Å²) in [5.41, 5.74) is -0.145. The van der Waals surface area contributed by atoms with Gasteiger partial charge in [0.1, 0.15) is 5.69 Å². The van der Waals surface area contributed by atoms with Gasteiger partial charge in [-0.3, -0.25) is 4.98 Å². The van der Waals surface area contributed by atoms with E-state index in [0.717, 1.165) is 18.6 Å². The molecule has 0 saturated heterocycles. The zero-order valence-electron chi connectivity index (χ0n) is 10.4. The van der Waals surface area contributed by atoms with Crippen molar-refractivity contribution in [3.8, 4) is 0 Å². The summed E-state index contributed by atoms with van der Waals surface area (Å²) in [6.07, 6.45) is 2.18. The van der Waals surface area contributed by atoms with E-state index in [1.165, 1.54) is 24.0 Å². The van der Waals surface area contributed by atoms with Crippen LogP contribution in [0.25, 0.3) is 0 Å². The summed E-state index contributed by atoms with van der Waals surface area (Å²) in [5.74, 6) is -8.31. The Morgan fingerprint density at radius 1 is 1.28 bits per heavy atom. The van der Waals surface area contributed by atoms with Gasteiger partial charge < -0.3 is 0 Å². The van der Waals surface area contributed by atoms with Gasteiger partial charge in [-0.15, -0.1) is 0 Å². The van der Waals surface area contributed by atoms with Gasteiger partial charge >= 0.3 is 11.8 Å². The van der Waals surface area contributed by atoms with Crippen LogP contribution in [-0.2, 0) is 5.92 Å². The number of aromatic nitrogens is 1. The summed E-state index contributed by atoms with van der Waals surface area (Å²) in [5, 5.41) is 0.0897. The Labute approximate surface area is 108 Å². The van der Waals surface area contributed by atoms with Crippen LogP contribution in [-0.4, -0.2) is 17.2 Å². The molecular weight excluding hydrogens is 266 g/mol. The maximum Gasteiger partial charge on any atom is 0.351 e. The molecule has 1 aromatic heterocycles. The summed E-state index contributed by atoms with van der Waals surface area (Å²) in [4.78, 5) is 3.49. The van der Waals surface area contributed by atoms with Gasteiger partial charge in [-0.05, 0) is 24.8 Å². The normalized spacial score (nSPS) is 14.6. The largest absolute Gasteiger partial charge is 0.351 e. The first-order valence-corrected chi connectivity index (χ1v) is 6.80. The van der Waals surface area contributed by atoms with Crippen LogP contribution in [0.4, 0.5) is 17.6 Å². The molecule has 1 heterocycles. The minimum atomic E-state index is -4.23. The first-order valence-electron chi connectivity index (χ1n) is 5.51. The molecule has 0 saturated carbocycles. The predicted molar refractivity (Wildman–Crippen MR) is 65.3 cm³/mol. The maximum atomic E-state index is 13.5. The number of nitrogens with zero attached hydrogens (tertiary/aromatic N) is 1.